The van der Waals surface area contributed by atoms with Gasteiger partial charge in [0.2, 0.25) is 0 Å². The number of aromatic nitrogens is 3. The van der Waals surface area contributed by atoms with Gasteiger partial charge in [-0.05, 0) is 24.9 Å². The summed E-state index contributed by atoms with van der Waals surface area (Å²) in [5.74, 6) is 1.67. The summed E-state index contributed by atoms with van der Waals surface area (Å²) in [7, 11) is 2.08. The van der Waals surface area contributed by atoms with E-state index in [4.69, 9.17) is 14.8 Å². The van der Waals surface area contributed by atoms with E-state index in [1.165, 1.54) is 11.1 Å². The van der Waals surface area contributed by atoms with E-state index >= 15 is 0 Å². The van der Waals surface area contributed by atoms with Gasteiger partial charge in [0.25, 0.3) is 0 Å². The number of nitrogens with one attached hydrogen (secondary N) is 1. The first-order valence-electron chi connectivity index (χ1n) is 11.2. The fraction of sp³-hybridized carbons (Fsp3) is 0.240. The van der Waals surface area contributed by atoms with Crippen LogP contribution in [0.1, 0.15) is 16.7 Å². The largest absolute Gasteiger partial charge is 0.378 e. The minimum Gasteiger partial charge on any atom is -0.378 e. The van der Waals surface area contributed by atoms with Crippen molar-refractivity contribution >= 4 is 36.8 Å². The average molecular weight is 438 g/mol. The first kappa shape index (κ1) is 21.2. The zero-order valence-corrected chi connectivity index (χ0v) is 19.2. The van der Waals surface area contributed by atoms with Gasteiger partial charge in [0.05, 0.1) is 25.1 Å². The minimum absolute atomic E-state index is 0.686. The highest BCUT2D eigenvalue weighted by atomic mass is 16.5. The standard InChI is InChI=1S/C25H27BN6O/c1-17-6-8-20(9-7-17)24-23(26)25-28-21(29-27-16-19-5-3-4-18(2)14-19)15-22(32(25)30-24)31-10-12-33-13-11-31/h3-9,14-16H,10-13,26H2,1-2H3,(H,28,29)/b27-16+. The molecule has 4 aromatic rings. The molecule has 1 saturated heterocycles. The highest BCUT2D eigenvalue weighted by Crippen LogP contribution is 2.24. The minimum atomic E-state index is 0.686. The molecule has 0 aliphatic carbocycles. The molecule has 8 heteroatoms. The lowest BCUT2D eigenvalue weighted by Crippen LogP contribution is -2.37. The summed E-state index contributed by atoms with van der Waals surface area (Å²) in [6.45, 7) is 7.18. The van der Waals surface area contributed by atoms with Crippen LogP contribution in [0.5, 0.6) is 0 Å². The molecule has 0 amide bonds. The van der Waals surface area contributed by atoms with Crippen LogP contribution in [0, 0.1) is 13.8 Å². The Bertz CT molecular complexity index is 1310. The third-order valence-electron chi connectivity index (χ3n) is 5.90. The van der Waals surface area contributed by atoms with Crippen LogP contribution >= 0.6 is 0 Å². The van der Waals surface area contributed by atoms with E-state index in [-0.39, 0.29) is 0 Å². The predicted octanol–water partition coefficient (Wildman–Crippen LogP) is 2.55. The number of rotatable bonds is 5. The van der Waals surface area contributed by atoms with Gasteiger partial charge in [-0.3, -0.25) is 5.43 Å². The number of fused-ring (bicyclic) bond motifs is 1. The molecule has 0 spiro atoms. The van der Waals surface area contributed by atoms with Crippen LogP contribution in [0.2, 0.25) is 0 Å². The molecule has 0 unspecified atom stereocenters. The van der Waals surface area contributed by atoms with Crippen molar-refractivity contribution in [2.24, 2.45) is 5.10 Å². The fourth-order valence-electron chi connectivity index (χ4n) is 4.09. The molecule has 33 heavy (non-hydrogen) atoms. The Labute approximate surface area is 194 Å². The number of hydrogen-bond acceptors (Lipinski definition) is 6. The van der Waals surface area contributed by atoms with E-state index in [1.54, 1.807) is 0 Å². The third-order valence-corrected chi connectivity index (χ3v) is 5.90. The van der Waals surface area contributed by atoms with E-state index in [0.29, 0.717) is 19.0 Å². The van der Waals surface area contributed by atoms with Gasteiger partial charge in [0, 0.05) is 24.7 Å². The maximum atomic E-state index is 5.57. The smallest absolute Gasteiger partial charge is 0.154 e. The maximum Gasteiger partial charge on any atom is 0.154 e. The van der Waals surface area contributed by atoms with Gasteiger partial charge < -0.3 is 9.64 Å². The Morgan fingerprint density at radius 3 is 2.58 bits per heavy atom. The molecular formula is C25H27BN6O. The molecular weight excluding hydrogens is 411 g/mol. The molecule has 0 radical (unpaired) electrons. The normalized spacial score (nSPS) is 14.3. The number of nitrogens with zero attached hydrogens (tertiary/aromatic N) is 5. The number of morpholine rings is 1. The van der Waals surface area contributed by atoms with Crippen molar-refractivity contribution < 1.29 is 4.74 Å². The van der Waals surface area contributed by atoms with Crippen LogP contribution in [0.15, 0.2) is 59.7 Å². The highest BCUT2D eigenvalue weighted by Gasteiger charge is 2.20. The van der Waals surface area contributed by atoms with Crippen LogP contribution in [-0.4, -0.2) is 55.0 Å². The van der Waals surface area contributed by atoms with Gasteiger partial charge in [-0.25, -0.2) is 4.98 Å². The van der Waals surface area contributed by atoms with E-state index in [1.807, 2.05) is 28.9 Å². The van der Waals surface area contributed by atoms with Crippen molar-refractivity contribution in [3.05, 3.63) is 71.3 Å². The Kier molecular flexibility index (Phi) is 5.83. The van der Waals surface area contributed by atoms with Crippen molar-refractivity contribution in [1.29, 1.82) is 0 Å². The molecule has 2 aromatic carbocycles. The molecule has 1 N–H and O–H groups in total. The highest BCUT2D eigenvalue weighted by molar-refractivity contribution is 6.39. The molecule has 0 bridgehead atoms. The Balaban J connectivity index is 1.55. The van der Waals surface area contributed by atoms with Crippen molar-refractivity contribution in [3.63, 3.8) is 0 Å². The van der Waals surface area contributed by atoms with Crippen LogP contribution in [0.25, 0.3) is 16.9 Å². The monoisotopic (exact) mass is 438 g/mol. The SMILES string of the molecule is Bc1c(-c2ccc(C)cc2)nn2c(N3CCOCC3)cc(N/N=C/c3cccc(C)c3)nc12. The summed E-state index contributed by atoms with van der Waals surface area (Å²) in [4.78, 5) is 7.15. The number of anilines is 2. The maximum absolute atomic E-state index is 5.57. The zero-order chi connectivity index (χ0) is 22.8. The lowest BCUT2D eigenvalue weighted by Gasteiger charge is -2.29. The van der Waals surface area contributed by atoms with Crippen LogP contribution < -0.4 is 15.8 Å². The molecule has 166 valence electrons. The van der Waals surface area contributed by atoms with Crippen LogP contribution in [0.4, 0.5) is 11.6 Å². The quantitative estimate of drug-likeness (QED) is 0.295. The van der Waals surface area contributed by atoms with E-state index in [2.05, 4.69) is 73.5 Å². The van der Waals surface area contributed by atoms with Crippen molar-refractivity contribution in [2.45, 2.75) is 13.8 Å². The summed E-state index contributed by atoms with van der Waals surface area (Å²) in [6, 6.07) is 18.7. The third kappa shape index (κ3) is 4.47. The molecule has 3 heterocycles. The first-order valence-corrected chi connectivity index (χ1v) is 11.2. The summed E-state index contributed by atoms with van der Waals surface area (Å²) in [5.41, 5.74) is 10.5. The zero-order valence-electron chi connectivity index (χ0n) is 19.2. The Hall–Kier alpha value is -3.65. The second kappa shape index (κ2) is 9.07. The van der Waals surface area contributed by atoms with E-state index in [0.717, 1.165) is 46.8 Å². The second-order valence-corrected chi connectivity index (χ2v) is 8.46. The van der Waals surface area contributed by atoms with Gasteiger partial charge in [-0.15, -0.1) is 0 Å². The fourth-order valence-corrected chi connectivity index (χ4v) is 4.09. The van der Waals surface area contributed by atoms with E-state index in [9.17, 15) is 0 Å². The second-order valence-electron chi connectivity index (χ2n) is 8.46. The lowest BCUT2D eigenvalue weighted by atomic mass is 9.92. The molecule has 2 aromatic heterocycles. The van der Waals surface area contributed by atoms with Gasteiger partial charge in [0.15, 0.2) is 11.5 Å². The summed E-state index contributed by atoms with van der Waals surface area (Å²) in [6.07, 6.45) is 1.81. The van der Waals surface area contributed by atoms with Crippen LogP contribution in [0.3, 0.4) is 0 Å². The van der Waals surface area contributed by atoms with Crippen molar-refractivity contribution in [3.8, 4) is 11.3 Å². The van der Waals surface area contributed by atoms with Crippen molar-refractivity contribution in [2.75, 3.05) is 36.6 Å². The van der Waals surface area contributed by atoms with Gasteiger partial charge in [-0.2, -0.15) is 14.7 Å². The number of aryl methyl sites for hydroxylation is 2. The number of ether oxygens (including phenoxy) is 1. The summed E-state index contributed by atoms with van der Waals surface area (Å²) >= 11 is 0. The van der Waals surface area contributed by atoms with Gasteiger partial charge in [-0.1, -0.05) is 59.7 Å². The number of hydrogen-bond donors (Lipinski definition) is 1. The molecule has 1 fully saturated rings. The van der Waals surface area contributed by atoms with Gasteiger partial charge >= 0.3 is 0 Å². The molecule has 0 atom stereocenters. The van der Waals surface area contributed by atoms with Crippen molar-refractivity contribution in [1.82, 2.24) is 14.6 Å². The molecule has 7 nitrogen and oxygen atoms in total. The predicted molar refractivity (Wildman–Crippen MR) is 137 cm³/mol. The molecule has 5 rings (SSSR count). The Morgan fingerprint density at radius 1 is 1.03 bits per heavy atom. The lowest BCUT2D eigenvalue weighted by molar-refractivity contribution is 0.122. The number of benzene rings is 2. The van der Waals surface area contributed by atoms with Crippen LogP contribution in [-0.2, 0) is 4.74 Å². The van der Waals surface area contributed by atoms with Gasteiger partial charge in [0.1, 0.15) is 13.7 Å². The summed E-state index contributed by atoms with van der Waals surface area (Å²) < 4.78 is 7.52. The van der Waals surface area contributed by atoms with E-state index < -0.39 is 0 Å². The summed E-state index contributed by atoms with van der Waals surface area (Å²) in [5, 5.41) is 9.41. The average Bonchev–Trinajstić information content (AvgIpc) is 3.16. The topological polar surface area (TPSA) is 67.0 Å². The Morgan fingerprint density at radius 2 is 1.82 bits per heavy atom. The molecule has 1 aliphatic rings. The first-order chi connectivity index (χ1) is 16.1. The molecule has 0 saturated carbocycles. The number of hydrazone groups is 1. The molecule has 1 aliphatic heterocycles.